The lowest BCUT2D eigenvalue weighted by Crippen LogP contribution is -2.39. The number of carbonyl (C=O) groups excluding carboxylic acids is 2. The van der Waals surface area contributed by atoms with Crippen molar-refractivity contribution in [2.75, 3.05) is 25.6 Å². The van der Waals surface area contributed by atoms with Gasteiger partial charge in [-0.2, -0.15) is 0 Å². The smallest absolute Gasteiger partial charge is 0.253 e. The summed E-state index contributed by atoms with van der Waals surface area (Å²) in [7, 11) is 1.45. The van der Waals surface area contributed by atoms with Crippen LogP contribution in [0.15, 0.2) is 16.6 Å². The van der Waals surface area contributed by atoms with E-state index < -0.39 is 17.1 Å². The van der Waals surface area contributed by atoms with E-state index >= 15 is 0 Å². The topological polar surface area (TPSA) is 67.4 Å². The number of rotatable bonds is 3. The van der Waals surface area contributed by atoms with Crippen LogP contribution in [-0.2, 0) is 9.53 Å². The molecule has 0 aromatic heterocycles. The first-order valence-corrected chi connectivity index (χ1v) is 7.77. The fourth-order valence-electron chi connectivity index (χ4n) is 2.33. The van der Waals surface area contributed by atoms with E-state index in [9.17, 15) is 14.0 Å². The summed E-state index contributed by atoms with van der Waals surface area (Å²) in [6.45, 7) is 2.91. The molecule has 1 aliphatic heterocycles. The monoisotopic (exact) mass is 372 g/mol. The summed E-state index contributed by atoms with van der Waals surface area (Å²) >= 11 is 3.21. The van der Waals surface area contributed by atoms with E-state index in [1.54, 1.807) is 0 Å². The van der Waals surface area contributed by atoms with E-state index in [0.29, 0.717) is 30.5 Å². The molecule has 2 amide bonds. The quantitative estimate of drug-likeness (QED) is 0.856. The van der Waals surface area contributed by atoms with Gasteiger partial charge in [-0.05, 0) is 40.9 Å². The van der Waals surface area contributed by atoms with Gasteiger partial charge in [0.15, 0.2) is 0 Å². The lowest BCUT2D eigenvalue weighted by molar-refractivity contribution is -0.129. The molecule has 0 bridgehead atoms. The summed E-state index contributed by atoms with van der Waals surface area (Å²) in [6.07, 6.45) is 1.21. The van der Waals surface area contributed by atoms with Crippen LogP contribution < -0.4 is 10.6 Å². The first kappa shape index (κ1) is 16.9. The third-order valence-electron chi connectivity index (χ3n) is 3.91. The number of hydrogen-bond acceptors (Lipinski definition) is 3. The van der Waals surface area contributed by atoms with Gasteiger partial charge < -0.3 is 15.4 Å². The van der Waals surface area contributed by atoms with Gasteiger partial charge in [0.25, 0.3) is 5.91 Å². The van der Waals surface area contributed by atoms with Gasteiger partial charge in [0, 0.05) is 24.7 Å². The molecule has 0 spiro atoms. The molecule has 0 radical (unpaired) electrons. The highest BCUT2D eigenvalue weighted by atomic mass is 79.9. The number of ether oxygens (including phenoxy) is 1. The second kappa shape index (κ2) is 6.75. The summed E-state index contributed by atoms with van der Waals surface area (Å²) in [6, 6.07) is 2.32. The Hall–Kier alpha value is -1.47. The Morgan fingerprint density at radius 3 is 2.55 bits per heavy atom. The molecule has 1 aliphatic rings. The van der Waals surface area contributed by atoms with Crippen molar-refractivity contribution in [2.24, 2.45) is 5.41 Å². The van der Waals surface area contributed by atoms with E-state index in [4.69, 9.17) is 4.74 Å². The highest BCUT2D eigenvalue weighted by Gasteiger charge is 2.36. The lowest BCUT2D eigenvalue weighted by Gasteiger charge is -2.32. The lowest BCUT2D eigenvalue weighted by atomic mass is 9.81. The van der Waals surface area contributed by atoms with Crippen molar-refractivity contribution in [3.8, 4) is 0 Å². The van der Waals surface area contributed by atoms with Crippen molar-refractivity contribution in [2.45, 2.75) is 19.8 Å². The number of nitrogens with one attached hydrogen (secondary N) is 2. The largest absolute Gasteiger partial charge is 0.381 e. The van der Waals surface area contributed by atoms with E-state index in [1.807, 2.05) is 6.92 Å². The second-order valence-corrected chi connectivity index (χ2v) is 6.37. The van der Waals surface area contributed by atoms with Gasteiger partial charge in [-0.1, -0.05) is 6.92 Å². The fraction of sp³-hybridized carbons (Fsp3) is 0.467. The van der Waals surface area contributed by atoms with Gasteiger partial charge in [-0.25, -0.2) is 4.39 Å². The summed E-state index contributed by atoms with van der Waals surface area (Å²) in [5.74, 6) is -1.22. The summed E-state index contributed by atoms with van der Waals surface area (Å²) < 4.78 is 19.1. The molecule has 1 aromatic rings. The average Bonchev–Trinajstić information content (AvgIpc) is 2.49. The van der Waals surface area contributed by atoms with E-state index in [0.717, 1.165) is 6.07 Å². The Morgan fingerprint density at radius 2 is 1.95 bits per heavy atom. The van der Waals surface area contributed by atoms with Crippen LogP contribution in [0.25, 0.3) is 0 Å². The molecule has 5 nitrogen and oxygen atoms in total. The third-order valence-corrected chi connectivity index (χ3v) is 4.54. The number of carbonyl (C=O) groups is 2. The molecule has 0 saturated carbocycles. The van der Waals surface area contributed by atoms with Crippen LogP contribution in [0.5, 0.6) is 0 Å². The van der Waals surface area contributed by atoms with E-state index in [1.165, 1.54) is 13.1 Å². The van der Waals surface area contributed by atoms with Crippen LogP contribution in [0, 0.1) is 11.2 Å². The predicted molar refractivity (Wildman–Crippen MR) is 84.3 cm³/mol. The first-order valence-electron chi connectivity index (χ1n) is 6.98. The molecule has 120 valence electrons. The minimum atomic E-state index is -0.563. The number of anilines is 1. The zero-order valence-electron chi connectivity index (χ0n) is 12.5. The summed E-state index contributed by atoms with van der Waals surface area (Å²) in [5, 5.41) is 5.20. The summed E-state index contributed by atoms with van der Waals surface area (Å²) in [4.78, 5) is 24.5. The van der Waals surface area contributed by atoms with Crippen molar-refractivity contribution < 1.29 is 18.7 Å². The van der Waals surface area contributed by atoms with Crippen LogP contribution in [0.2, 0.25) is 0 Å². The van der Waals surface area contributed by atoms with Crippen molar-refractivity contribution in [1.29, 1.82) is 0 Å². The molecular formula is C15H18BrFN2O3. The predicted octanol–water partition coefficient (Wildman–Crippen LogP) is 2.70. The molecule has 1 heterocycles. The molecule has 0 aliphatic carbocycles. The fourth-order valence-corrected chi connectivity index (χ4v) is 2.86. The Labute approximate surface area is 136 Å². The van der Waals surface area contributed by atoms with Crippen molar-refractivity contribution in [3.63, 3.8) is 0 Å². The zero-order valence-corrected chi connectivity index (χ0v) is 14.0. The maximum absolute atomic E-state index is 13.5. The average molecular weight is 373 g/mol. The molecule has 2 rings (SSSR count). The minimum Gasteiger partial charge on any atom is -0.381 e. The summed E-state index contributed by atoms with van der Waals surface area (Å²) in [5.41, 5.74) is -0.205. The van der Waals surface area contributed by atoms with Crippen LogP contribution in [0.1, 0.15) is 30.1 Å². The maximum Gasteiger partial charge on any atom is 0.253 e. The molecule has 7 heteroatoms. The van der Waals surface area contributed by atoms with Gasteiger partial charge in [-0.15, -0.1) is 0 Å². The van der Waals surface area contributed by atoms with Crippen LogP contribution >= 0.6 is 15.9 Å². The van der Waals surface area contributed by atoms with Gasteiger partial charge in [0.2, 0.25) is 5.91 Å². The maximum atomic E-state index is 13.5. The number of hydrogen-bond donors (Lipinski definition) is 2. The minimum absolute atomic E-state index is 0.0818. The number of benzene rings is 1. The van der Waals surface area contributed by atoms with Crippen LogP contribution in [0.3, 0.4) is 0 Å². The molecule has 0 unspecified atom stereocenters. The van der Waals surface area contributed by atoms with Crippen LogP contribution in [0.4, 0.5) is 10.1 Å². The molecule has 1 fully saturated rings. The Bertz CT molecular complexity index is 601. The molecule has 0 atom stereocenters. The molecule has 1 aromatic carbocycles. The van der Waals surface area contributed by atoms with Gasteiger partial charge in [0.05, 0.1) is 16.7 Å². The second-order valence-electron chi connectivity index (χ2n) is 5.52. The first-order chi connectivity index (χ1) is 10.4. The molecular weight excluding hydrogens is 355 g/mol. The molecule has 1 saturated heterocycles. The molecule has 2 N–H and O–H groups in total. The van der Waals surface area contributed by atoms with E-state index in [-0.39, 0.29) is 17.2 Å². The van der Waals surface area contributed by atoms with Crippen LogP contribution in [-0.4, -0.2) is 32.1 Å². The zero-order chi connectivity index (χ0) is 16.3. The standard InChI is InChI=1S/C15H18BrFN2O3/c1-15(3-5-22-6-4-15)14(21)19-12-10(13(20)18-2)7-9(17)8-11(12)16/h7-8H,3-6H2,1-2H3,(H,18,20)(H,19,21). The Morgan fingerprint density at radius 1 is 1.32 bits per heavy atom. The van der Waals surface area contributed by atoms with Gasteiger partial charge >= 0.3 is 0 Å². The van der Waals surface area contributed by atoms with Gasteiger partial charge in [-0.3, -0.25) is 9.59 Å². The number of halogens is 2. The van der Waals surface area contributed by atoms with Gasteiger partial charge in [0.1, 0.15) is 5.82 Å². The Kier molecular flexibility index (Phi) is 5.18. The molecule has 22 heavy (non-hydrogen) atoms. The van der Waals surface area contributed by atoms with Crippen molar-refractivity contribution in [3.05, 3.63) is 28.0 Å². The number of amides is 2. The highest BCUT2D eigenvalue weighted by Crippen LogP contribution is 2.34. The normalized spacial score (nSPS) is 16.9. The van der Waals surface area contributed by atoms with Crippen molar-refractivity contribution in [1.82, 2.24) is 5.32 Å². The SMILES string of the molecule is CNC(=O)c1cc(F)cc(Br)c1NC(=O)C1(C)CCOCC1. The Balaban J connectivity index is 2.32. The third kappa shape index (κ3) is 3.47. The highest BCUT2D eigenvalue weighted by molar-refractivity contribution is 9.10. The van der Waals surface area contributed by atoms with E-state index in [2.05, 4.69) is 26.6 Å². The van der Waals surface area contributed by atoms with Crippen molar-refractivity contribution >= 4 is 33.4 Å².